The molecule has 0 spiro atoms. The van der Waals surface area contributed by atoms with Crippen LogP contribution >= 0.6 is 0 Å². The van der Waals surface area contributed by atoms with Gasteiger partial charge in [-0.15, -0.1) is 0 Å². The SMILES string of the molecule is Cc1cc(F)ccc1Oc1cnccc1CNC1CC1. The quantitative estimate of drug-likeness (QED) is 0.903. The summed E-state index contributed by atoms with van der Waals surface area (Å²) in [6.07, 6.45) is 5.96. The molecule has 1 saturated carbocycles. The average Bonchev–Trinajstić information content (AvgIpc) is 3.25. The zero-order valence-electron chi connectivity index (χ0n) is 11.4. The lowest BCUT2D eigenvalue weighted by atomic mass is 10.2. The number of benzene rings is 1. The van der Waals surface area contributed by atoms with Crippen molar-refractivity contribution >= 4 is 0 Å². The van der Waals surface area contributed by atoms with Crippen molar-refractivity contribution in [2.24, 2.45) is 0 Å². The Hall–Kier alpha value is -1.94. The molecule has 1 aliphatic rings. The van der Waals surface area contributed by atoms with E-state index in [-0.39, 0.29) is 5.82 Å². The molecule has 3 nitrogen and oxygen atoms in total. The summed E-state index contributed by atoms with van der Waals surface area (Å²) in [4.78, 5) is 4.10. The molecule has 4 heteroatoms. The number of halogens is 1. The van der Waals surface area contributed by atoms with Gasteiger partial charge in [0.15, 0.2) is 0 Å². The van der Waals surface area contributed by atoms with Crippen LogP contribution in [0.15, 0.2) is 36.7 Å². The maximum absolute atomic E-state index is 13.1. The number of nitrogens with one attached hydrogen (secondary N) is 1. The molecule has 2 aromatic rings. The number of aromatic nitrogens is 1. The molecule has 104 valence electrons. The number of ether oxygens (including phenoxy) is 1. The number of aryl methyl sites for hydroxylation is 1. The standard InChI is InChI=1S/C16H17FN2O/c1-11-8-13(17)2-5-15(11)20-16-10-18-7-6-12(16)9-19-14-3-4-14/h2,5-8,10,14,19H,3-4,9H2,1H3. The van der Waals surface area contributed by atoms with Gasteiger partial charge in [0, 0.05) is 24.3 Å². The van der Waals surface area contributed by atoms with Crippen molar-refractivity contribution in [1.29, 1.82) is 0 Å². The van der Waals surface area contributed by atoms with Gasteiger partial charge >= 0.3 is 0 Å². The summed E-state index contributed by atoms with van der Waals surface area (Å²) in [6.45, 7) is 2.60. The first-order valence-electron chi connectivity index (χ1n) is 6.82. The summed E-state index contributed by atoms with van der Waals surface area (Å²) in [5, 5.41) is 3.46. The maximum atomic E-state index is 13.1. The third-order valence-electron chi connectivity index (χ3n) is 3.39. The van der Waals surface area contributed by atoms with Crippen molar-refractivity contribution in [2.75, 3.05) is 0 Å². The smallest absolute Gasteiger partial charge is 0.150 e. The normalized spacial score (nSPS) is 14.3. The molecular formula is C16H17FN2O. The predicted molar refractivity (Wildman–Crippen MR) is 75.3 cm³/mol. The van der Waals surface area contributed by atoms with Crippen LogP contribution in [0.2, 0.25) is 0 Å². The van der Waals surface area contributed by atoms with Gasteiger partial charge in [-0.2, -0.15) is 0 Å². The second-order valence-corrected chi connectivity index (χ2v) is 5.15. The maximum Gasteiger partial charge on any atom is 0.150 e. The molecule has 1 aromatic heterocycles. The predicted octanol–water partition coefficient (Wildman–Crippen LogP) is 3.57. The van der Waals surface area contributed by atoms with Crippen LogP contribution < -0.4 is 10.1 Å². The van der Waals surface area contributed by atoms with E-state index in [2.05, 4.69) is 10.3 Å². The molecule has 0 unspecified atom stereocenters. The highest BCUT2D eigenvalue weighted by atomic mass is 19.1. The molecule has 3 rings (SSSR count). The van der Waals surface area contributed by atoms with Crippen LogP contribution in [0, 0.1) is 12.7 Å². The largest absolute Gasteiger partial charge is 0.455 e. The van der Waals surface area contributed by atoms with Gasteiger partial charge in [0.25, 0.3) is 0 Å². The molecule has 0 saturated heterocycles. The van der Waals surface area contributed by atoms with Crippen LogP contribution in [0.25, 0.3) is 0 Å². The van der Waals surface area contributed by atoms with Crippen molar-refractivity contribution in [3.8, 4) is 11.5 Å². The van der Waals surface area contributed by atoms with E-state index < -0.39 is 0 Å². The van der Waals surface area contributed by atoms with Crippen molar-refractivity contribution in [1.82, 2.24) is 10.3 Å². The van der Waals surface area contributed by atoms with Crippen molar-refractivity contribution in [3.63, 3.8) is 0 Å². The van der Waals surface area contributed by atoms with E-state index in [1.807, 2.05) is 13.0 Å². The fourth-order valence-electron chi connectivity index (χ4n) is 2.03. The van der Waals surface area contributed by atoms with E-state index in [4.69, 9.17) is 4.74 Å². The van der Waals surface area contributed by atoms with Gasteiger partial charge in [-0.05, 0) is 49.6 Å². The Morgan fingerprint density at radius 2 is 2.15 bits per heavy atom. The molecule has 0 amide bonds. The van der Waals surface area contributed by atoms with Crippen LogP contribution in [-0.2, 0) is 6.54 Å². The number of hydrogen-bond donors (Lipinski definition) is 1. The third kappa shape index (κ3) is 3.14. The molecule has 1 N–H and O–H groups in total. The summed E-state index contributed by atoms with van der Waals surface area (Å²) in [5.74, 6) is 1.12. The zero-order valence-corrected chi connectivity index (χ0v) is 11.4. The Morgan fingerprint density at radius 3 is 2.90 bits per heavy atom. The summed E-state index contributed by atoms with van der Waals surface area (Å²) >= 11 is 0. The van der Waals surface area contributed by atoms with Crippen LogP contribution in [0.4, 0.5) is 4.39 Å². The Morgan fingerprint density at radius 1 is 1.30 bits per heavy atom. The summed E-state index contributed by atoms with van der Waals surface area (Å²) in [6, 6.07) is 7.11. The van der Waals surface area contributed by atoms with Gasteiger partial charge in [-0.25, -0.2) is 4.39 Å². The lowest BCUT2D eigenvalue weighted by Crippen LogP contribution is -2.15. The second-order valence-electron chi connectivity index (χ2n) is 5.15. The summed E-state index contributed by atoms with van der Waals surface area (Å²) in [7, 11) is 0. The highest BCUT2D eigenvalue weighted by Gasteiger charge is 2.20. The first-order valence-corrected chi connectivity index (χ1v) is 6.82. The molecule has 1 heterocycles. The minimum Gasteiger partial charge on any atom is -0.455 e. The molecule has 1 aromatic carbocycles. The van der Waals surface area contributed by atoms with Crippen LogP contribution in [0.3, 0.4) is 0 Å². The van der Waals surface area contributed by atoms with Gasteiger partial charge in [0.05, 0.1) is 6.20 Å². The van der Waals surface area contributed by atoms with Gasteiger partial charge in [-0.3, -0.25) is 4.98 Å². The Balaban J connectivity index is 1.78. The van der Waals surface area contributed by atoms with E-state index in [0.29, 0.717) is 11.8 Å². The van der Waals surface area contributed by atoms with E-state index in [9.17, 15) is 4.39 Å². The van der Waals surface area contributed by atoms with Gasteiger partial charge in [0.2, 0.25) is 0 Å². The van der Waals surface area contributed by atoms with E-state index in [0.717, 1.165) is 23.4 Å². The van der Waals surface area contributed by atoms with Crippen molar-refractivity contribution in [3.05, 3.63) is 53.6 Å². The Bertz CT molecular complexity index is 611. The van der Waals surface area contributed by atoms with E-state index in [1.54, 1.807) is 18.5 Å². The third-order valence-corrected chi connectivity index (χ3v) is 3.39. The Labute approximate surface area is 117 Å². The molecule has 1 aliphatic carbocycles. The molecular weight excluding hydrogens is 255 g/mol. The fourth-order valence-corrected chi connectivity index (χ4v) is 2.03. The van der Waals surface area contributed by atoms with Crippen molar-refractivity contribution < 1.29 is 9.13 Å². The summed E-state index contributed by atoms with van der Waals surface area (Å²) in [5.41, 5.74) is 1.84. The first-order chi connectivity index (χ1) is 9.72. The summed E-state index contributed by atoms with van der Waals surface area (Å²) < 4.78 is 19.0. The first kappa shape index (κ1) is 13.1. The number of nitrogens with zero attached hydrogens (tertiary/aromatic N) is 1. The lowest BCUT2D eigenvalue weighted by Gasteiger charge is -2.12. The lowest BCUT2D eigenvalue weighted by molar-refractivity contribution is 0.464. The fraction of sp³-hybridized carbons (Fsp3) is 0.312. The average molecular weight is 272 g/mol. The van der Waals surface area contributed by atoms with Crippen LogP contribution in [0.1, 0.15) is 24.0 Å². The zero-order chi connectivity index (χ0) is 13.9. The molecule has 0 radical (unpaired) electrons. The highest BCUT2D eigenvalue weighted by molar-refractivity contribution is 5.39. The van der Waals surface area contributed by atoms with Crippen LogP contribution in [0.5, 0.6) is 11.5 Å². The number of hydrogen-bond acceptors (Lipinski definition) is 3. The van der Waals surface area contributed by atoms with Gasteiger partial charge < -0.3 is 10.1 Å². The number of pyridine rings is 1. The van der Waals surface area contributed by atoms with E-state index >= 15 is 0 Å². The van der Waals surface area contributed by atoms with Gasteiger partial charge in [-0.1, -0.05) is 0 Å². The molecule has 0 aliphatic heterocycles. The molecule has 1 fully saturated rings. The van der Waals surface area contributed by atoms with E-state index in [1.165, 1.54) is 25.0 Å². The number of rotatable bonds is 5. The molecule has 0 bridgehead atoms. The molecule has 20 heavy (non-hydrogen) atoms. The topological polar surface area (TPSA) is 34.1 Å². The minimum atomic E-state index is -0.253. The Kier molecular flexibility index (Phi) is 3.65. The second kappa shape index (κ2) is 5.59. The highest BCUT2D eigenvalue weighted by Crippen LogP contribution is 2.28. The van der Waals surface area contributed by atoms with Gasteiger partial charge in [0.1, 0.15) is 17.3 Å². The van der Waals surface area contributed by atoms with Crippen molar-refractivity contribution in [2.45, 2.75) is 32.4 Å². The van der Waals surface area contributed by atoms with Crippen LogP contribution in [-0.4, -0.2) is 11.0 Å². The minimum absolute atomic E-state index is 0.253. The molecule has 0 atom stereocenters. The monoisotopic (exact) mass is 272 g/mol.